The molecule has 1 atom stereocenters. The van der Waals surface area contributed by atoms with E-state index < -0.39 is 22.8 Å². The van der Waals surface area contributed by atoms with Crippen LogP contribution in [-0.2, 0) is 14.3 Å². The number of nitro benzene ring substituents is 1. The lowest BCUT2D eigenvalue weighted by Crippen LogP contribution is -2.37. The van der Waals surface area contributed by atoms with Gasteiger partial charge in [0.25, 0.3) is 5.69 Å². The third-order valence-corrected chi connectivity index (χ3v) is 4.52. The van der Waals surface area contributed by atoms with Crippen LogP contribution in [0.2, 0.25) is 4.34 Å². The number of thiophene rings is 1. The molecule has 132 valence electrons. The number of rotatable bonds is 6. The summed E-state index contributed by atoms with van der Waals surface area (Å²) in [4.78, 5) is 34.9. The van der Waals surface area contributed by atoms with Crippen molar-refractivity contribution < 1.29 is 19.2 Å². The van der Waals surface area contributed by atoms with Gasteiger partial charge in [-0.1, -0.05) is 23.7 Å². The molecule has 2 rings (SSSR count). The van der Waals surface area contributed by atoms with Crippen molar-refractivity contribution in [2.75, 3.05) is 19.0 Å². The number of carbonyl (C=O) groups excluding carboxylic acids is 2. The molecule has 8 nitrogen and oxygen atoms in total. The van der Waals surface area contributed by atoms with Crippen LogP contribution >= 0.6 is 22.9 Å². The Bertz CT molecular complexity index is 795. The van der Waals surface area contributed by atoms with E-state index in [4.69, 9.17) is 16.3 Å². The van der Waals surface area contributed by atoms with Crippen LogP contribution in [0, 0.1) is 10.1 Å². The Hall–Kier alpha value is -2.49. The van der Waals surface area contributed by atoms with Crippen molar-refractivity contribution in [3.05, 3.63) is 55.7 Å². The van der Waals surface area contributed by atoms with Crippen molar-refractivity contribution in [1.29, 1.82) is 0 Å². The minimum atomic E-state index is -1.01. The number of benzene rings is 1. The number of ether oxygens (including phenoxy) is 1. The molecule has 0 radical (unpaired) electrons. The van der Waals surface area contributed by atoms with Gasteiger partial charge < -0.3 is 15.4 Å². The Morgan fingerprint density at radius 2 is 2.00 bits per heavy atom. The number of anilines is 1. The van der Waals surface area contributed by atoms with E-state index in [1.54, 1.807) is 12.1 Å². The van der Waals surface area contributed by atoms with Crippen molar-refractivity contribution in [3.8, 4) is 0 Å². The number of nitro groups is 1. The van der Waals surface area contributed by atoms with Gasteiger partial charge in [0.15, 0.2) is 0 Å². The summed E-state index contributed by atoms with van der Waals surface area (Å²) in [6.07, 6.45) is -0.458. The standard InChI is InChI=1S/C15H14ClN3O5S/c1-24-11(12-6-7-13(16)25-12)8-17-14(20)15(21)18-9-4-2-3-5-10(9)19(22)23/h2-7,11H,8H2,1H3,(H,17,20)(H,18,21). The maximum absolute atomic E-state index is 11.9. The quantitative estimate of drug-likeness (QED) is 0.452. The number of methoxy groups -OCH3 is 1. The van der Waals surface area contributed by atoms with E-state index in [9.17, 15) is 19.7 Å². The average Bonchev–Trinajstić information content (AvgIpc) is 3.01. The van der Waals surface area contributed by atoms with Gasteiger partial charge in [0.2, 0.25) is 0 Å². The van der Waals surface area contributed by atoms with Crippen LogP contribution in [0.25, 0.3) is 0 Å². The fraction of sp³-hybridized carbons (Fsp3) is 0.200. The Morgan fingerprint density at radius 1 is 1.28 bits per heavy atom. The zero-order valence-corrected chi connectivity index (χ0v) is 14.6. The van der Waals surface area contributed by atoms with Gasteiger partial charge in [0.1, 0.15) is 11.8 Å². The average molecular weight is 384 g/mol. The Morgan fingerprint density at radius 3 is 2.60 bits per heavy atom. The minimum Gasteiger partial charge on any atom is -0.374 e. The maximum Gasteiger partial charge on any atom is 0.313 e. The number of nitrogens with zero attached hydrogens (tertiary/aromatic N) is 1. The molecule has 0 aliphatic carbocycles. The van der Waals surface area contributed by atoms with Crippen LogP contribution in [0.15, 0.2) is 36.4 Å². The first-order chi connectivity index (χ1) is 11.9. The van der Waals surface area contributed by atoms with Crippen LogP contribution in [0.4, 0.5) is 11.4 Å². The second kappa shape index (κ2) is 8.56. The van der Waals surface area contributed by atoms with Crippen LogP contribution in [0.3, 0.4) is 0 Å². The molecule has 2 amide bonds. The number of carbonyl (C=O) groups is 2. The molecule has 1 heterocycles. The third-order valence-electron chi connectivity index (χ3n) is 3.20. The predicted molar refractivity (Wildman–Crippen MR) is 93.8 cm³/mol. The first kappa shape index (κ1) is 18.8. The van der Waals surface area contributed by atoms with Crippen molar-refractivity contribution >= 4 is 46.1 Å². The largest absolute Gasteiger partial charge is 0.374 e. The van der Waals surface area contributed by atoms with E-state index >= 15 is 0 Å². The van der Waals surface area contributed by atoms with E-state index in [1.165, 1.54) is 42.7 Å². The Kier molecular flexibility index (Phi) is 6.45. The van der Waals surface area contributed by atoms with Gasteiger partial charge in [0, 0.05) is 24.6 Å². The smallest absolute Gasteiger partial charge is 0.313 e. The van der Waals surface area contributed by atoms with E-state index in [1.807, 2.05) is 0 Å². The summed E-state index contributed by atoms with van der Waals surface area (Å²) in [5.41, 5.74) is -0.354. The monoisotopic (exact) mass is 383 g/mol. The van der Waals surface area contributed by atoms with Crippen molar-refractivity contribution in [2.45, 2.75) is 6.10 Å². The van der Waals surface area contributed by atoms with Gasteiger partial charge in [-0.15, -0.1) is 11.3 Å². The number of hydrogen-bond donors (Lipinski definition) is 2. The van der Waals surface area contributed by atoms with Crippen LogP contribution in [0.1, 0.15) is 11.0 Å². The molecule has 2 aromatic rings. The summed E-state index contributed by atoms with van der Waals surface area (Å²) < 4.78 is 5.85. The molecule has 0 aliphatic rings. The minimum absolute atomic E-state index is 0.0521. The summed E-state index contributed by atoms with van der Waals surface area (Å²) in [5, 5.41) is 15.6. The van der Waals surface area contributed by atoms with E-state index in [-0.39, 0.29) is 17.9 Å². The fourth-order valence-electron chi connectivity index (χ4n) is 1.98. The maximum atomic E-state index is 11.9. The summed E-state index contributed by atoms with van der Waals surface area (Å²) in [5.74, 6) is -1.93. The molecule has 1 unspecified atom stereocenters. The van der Waals surface area contributed by atoms with Crippen molar-refractivity contribution in [1.82, 2.24) is 5.32 Å². The summed E-state index contributed by atoms with van der Waals surface area (Å²) >= 11 is 7.16. The molecule has 0 saturated carbocycles. The highest BCUT2D eigenvalue weighted by Crippen LogP contribution is 2.28. The predicted octanol–water partition coefficient (Wildman–Crippen LogP) is 2.75. The highest BCUT2D eigenvalue weighted by molar-refractivity contribution is 7.16. The van der Waals surface area contributed by atoms with E-state index in [0.717, 1.165) is 4.88 Å². The molecule has 0 aliphatic heterocycles. The van der Waals surface area contributed by atoms with Crippen molar-refractivity contribution in [3.63, 3.8) is 0 Å². The zero-order valence-electron chi connectivity index (χ0n) is 13.0. The van der Waals surface area contributed by atoms with Gasteiger partial charge >= 0.3 is 11.8 Å². The Labute approximate surface area is 151 Å². The first-order valence-corrected chi connectivity index (χ1v) is 8.22. The number of nitrogens with one attached hydrogen (secondary N) is 2. The zero-order chi connectivity index (χ0) is 18.4. The Balaban J connectivity index is 1.96. The van der Waals surface area contributed by atoms with Crippen LogP contribution in [-0.4, -0.2) is 30.4 Å². The molecule has 1 aromatic carbocycles. The lowest BCUT2D eigenvalue weighted by molar-refractivity contribution is -0.383. The van der Waals surface area contributed by atoms with E-state index in [0.29, 0.717) is 4.34 Å². The lowest BCUT2D eigenvalue weighted by atomic mass is 10.2. The third kappa shape index (κ3) is 4.99. The molecular formula is C15H14ClN3O5S. The normalized spacial score (nSPS) is 11.6. The van der Waals surface area contributed by atoms with Gasteiger partial charge in [-0.05, 0) is 18.2 Å². The number of para-hydroxylation sites is 2. The van der Waals surface area contributed by atoms with Crippen LogP contribution in [0.5, 0.6) is 0 Å². The number of amides is 2. The highest BCUT2D eigenvalue weighted by Gasteiger charge is 2.21. The van der Waals surface area contributed by atoms with Gasteiger partial charge in [0.05, 0.1) is 9.26 Å². The molecular weight excluding hydrogens is 370 g/mol. The first-order valence-electron chi connectivity index (χ1n) is 7.03. The molecule has 0 bridgehead atoms. The highest BCUT2D eigenvalue weighted by atomic mass is 35.5. The van der Waals surface area contributed by atoms with Gasteiger partial charge in [-0.2, -0.15) is 0 Å². The summed E-state index contributed by atoms with van der Waals surface area (Å²) in [6.45, 7) is 0.0521. The second-order valence-corrected chi connectivity index (χ2v) is 6.55. The lowest BCUT2D eigenvalue weighted by Gasteiger charge is -2.14. The topological polar surface area (TPSA) is 111 Å². The second-order valence-electron chi connectivity index (χ2n) is 4.80. The molecule has 2 N–H and O–H groups in total. The number of hydrogen-bond acceptors (Lipinski definition) is 6. The summed E-state index contributed by atoms with van der Waals surface area (Å²) in [7, 11) is 1.47. The van der Waals surface area contributed by atoms with Crippen LogP contribution < -0.4 is 10.6 Å². The van der Waals surface area contributed by atoms with Gasteiger partial charge in [-0.25, -0.2) is 0 Å². The molecule has 0 fully saturated rings. The number of halogens is 1. The molecule has 0 saturated heterocycles. The molecule has 25 heavy (non-hydrogen) atoms. The fourth-order valence-corrected chi connectivity index (χ4v) is 3.12. The molecule has 10 heteroatoms. The summed E-state index contributed by atoms with van der Waals surface area (Å²) in [6, 6.07) is 9.02. The molecule has 0 spiro atoms. The molecule has 1 aromatic heterocycles. The SMILES string of the molecule is COC(CNC(=O)C(=O)Nc1ccccc1[N+](=O)[O-])c1ccc(Cl)s1. The van der Waals surface area contributed by atoms with E-state index in [2.05, 4.69) is 10.6 Å². The van der Waals surface area contributed by atoms with Gasteiger partial charge in [-0.3, -0.25) is 19.7 Å². The van der Waals surface area contributed by atoms with Crippen molar-refractivity contribution in [2.24, 2.45) is 0 Å².